The molecular formula is C10H19NO3. The molecule has 0 amide bonds. The Hall–Kier alpha value is -0.160. The molecule has 0 saturated carbocycles. The van der Waals surface area contributed by atoms with Gasteiger partial charge in [-0.3, -0.25) is 4.90 Å². The fourth-order valence-electron chi connectivity index (χ4n) is 2.13. The van der Waals surface area contributed by atoms with Crippen LogP contribution in [0.25, 0.3) is 0 Å². The average Bonchev–Trinajstić information content (AvgIpc) is 2.19. The predicted octanol–water partition coefficient (Wildman–Crippen LogP) is 0.206. The third kappa shape index (κ3) is 2.92. The van der Waals surface area contributed by atoms with Crippen LogP contribution < -0.4 is 0 Å². The first-order valence-corrected chi connectivity index (χ1v) is 5.44. The van der Waals surface area contributed by atoms with E-state index in [9.17, 15) is 5.11 Å². The molecular weight excluding hydrogens is 182 g/mol. The smallest absolute Gasteiger partial charge is 0.147 e. The van der Waals surface area contributed by atoms with Gasteiger partial charge in [-0.15, -0.1) is 0 Å². The van der Waals surface area contributed by atoms with Crippen LogP contribution in [0.15, 0.2) is 0 Å². The molecule has 0 radical (unpaired) electrons. The first-order chi connectivity index (χ1) is 6.84. The minimum Gasteiger partial charge on any atom is -0.392 e. The largest absolute Gasteiger partial charge is 0.392 e. The summed E-state index contributed by atoms with van der Waals surface area (Å²) in [5.74, 6) is 0. The summed E-state index contributed by atoms with van der Waals surface area (Å²) < 4.78 is 10.6. The van der Waals surface area contributed by atoms with Crippen molar-refractivity contribution in [1.29, 1.82) is 0 Å². The number of nitrogens with zero attached hydrogens (tertiary/aromatic N) is 1. The van der Waals surface area contributed by atoms with Gasteiger partial charge in [0.05, 0.1) is 18.8 Å². The standard InChI is InChI=1S/C10H19NO3/c12-9-2-1-4-11(6-9)7-10-3-5-13-8-14-10/h9-10,12H,1-8H2/t9-,10?/m0/s1. The lowest BCUT2D eigenvalue weighted by atomic mass is 10.1. The van der Waals surface area contributed by atoms with E-state index in [1.807, 2.05) is 0 Å². The molecule has 4 nitrogen and oxygen atoms in total. The first kappa shape index (κ1) is 10.4. The van der Waals surface area contributed by atoms with E-state index >= 15 is 0 Å². The van der Waals surface area contributed by atoms with E-state index in [1.54, 1.807) is 0 Å². The van der Waals surface area contributed by atoms with Crippen molar-refractivity contribution < 1.29 is 14.6 Å². The van der Waals surface area contributed by atoms with Gasteiger partial charge in [0, 0.05) is 13.1 Å². The van der Waals surface area contributed by atoms with Crippen LogP contribution >= 0.6 is 0 Å². The quantitative estimate of drug-likeness (QED) is 0.693. The molecule has 2 aliphatic heterocycles. The Morgan fingerprint density at radius 3 is 3.00 bits per heavy atom. The number of aliphatic hydroxyl groups is 1. The van der Waals surface area contributed by atoms with Gasteiger partial charge in [0.2, 0.25) is 0 Å². The second-order valence-electron chi connectivity index (χ2n) is 4.16. The van der Waals surface area contributed by atoms with Crippen molar-refractivity contribution in [2.24, 2.45) is 0 Å². The molecule has 2 saturated heterocycles. The van der Waals surface area contributed by atoms with Crippen LogP contribution in [-0.2, 0) is 9.47 Å². The SMILES string of the molecule is O[C@H]1CCCN(CC2CCOCO2)C1. The summed E-state index contributed by atoms with van der Waals surface area (Å²) in [5.41, 5.74) is 0. The minimum absolute atomic E-state index is 0.136. The molecule has 1 N–H and O–H groups in total. The van der Waals surface area contributed by atoms with Crippen molar-refractivity contribution in [2.45, 2.75) is 31.5 Å². The summed E-state index contributed by atoms with van der Waals surface area (Å²) in [6.45, 7) is 4.08. The average molecular weight is 201 g/mol. The monoisotopic (exact) mass is 201 g/mol. The number of hydrogen-bond donors (Lipinski definition) is 1. The van der Waals surface area contributed by atoms with Crippen molar-refractivity contribution in [3.63, 3.8) is 0 Å². The molecule has 0 bridgehead atoms. The lowest BCUT2D eigenvalue weighted by Gasteiger charge is -2.34. The van der Waals surface area contributed by atoms with Gasteiger partial charge in [-0.1, -0.05) is 0 Å². The van der Waals surface area contributed by atoms with E-state index in [2.05, 4.69) is 4.90 Å². The highest BCUT2D eigenvalue weighted by atomic mass is 16.7. The number of piperidine rings is 1. The second kappa shape index (κ2) is 5.07. The Labute approximate surface area is 84.8 Å². The van der Waals surface area contributed by atoms with E-state index in [4.69, 9.17) is 9.47 Å². The number of ether oxygens (including phenoxy) is 2. The Balaban J connectivity index is 1.72. The van der Waals surface area contributed by atoms with E-state index < -0.39 is 0 Å². The van der Waals surface area contributed by atoms with Crippen molar-refractivity contribution in [2.75, 3.05) is 33.0 Å². The summed E-state index contributed by atoms with van der Waals surface area (Å²) >= 11 is 0. The zero-order valence-corrected chi connectivity index (χ0v) is 8.52. The number of aliphatic hydroxyl groups excluding tert-OH is 1. The summed E-state index contributed by atoms with van der Waals surface area (Å²) in [7, 11) is 0. The van der Waals surface area contributed by atoms with Gasteiger partial charge in [0.25, 0.3) is 0 Å². The Kier molecular flexibility index (Phi) is 3.75. The first-order valence-electron chi connectivity index (χ1n) is 5.44. The van der Waals surface area contributed by atoms with E-state index in [-0.39, 0.29) is 6.10 Å². The lowest BCUT2D eigenvalue weighted by molar-refractivity contribution is -0.146. The second-order valence-corrected chi connectivity index (χ2v) is 4.16. The summed E-state index contributed by atoms with van der Waals surface area (Å²) in [4.78, 5) is 2.30. The van der Waals surface area contributed by atoms with E-state index in [1.165, 1.54) is 0 Å². The van der Waals surface area contributed by atoms with Crippen molar-refractivity contribution in [1.82, 2.24) is 4.90 Å². The molecule has 2 aliphatic rings. The summed E-state index contributed by atoms with van der Waals surface area (Å²) in [5, 5.41) is 9.50. The lowest BCUT2D eigenvalue weighted by Crippen LogP contribution is -2.44. The maximum absolute atomic E-state index is 9.50. The summed E-state index contributed by atoms with van der Waals surface area (Å²) in [6.07, 6.45) is 3.19. The van der Waals surface area contributed by atoms with E-state index in [0.717, 1.165) is 45.5 Å². The molecule has 1 unspecified atom stereocenters. The fraction of sp³-hybridized carbons (Fsp3) is 1.00. The highest BCUT2D eigenvalue weighted by molar-refractivity contribution is 4.75. The normalized spacial score (nSPS) is 35.8. The number of likely N-dealkylation sites (tertiary alicyclic amines) is 1. The van der Waals surface area contributed by atoms with E-state index in [0.29, 0.717) is 12.9 Å². The molecule has 14 heavy (non-hydrogen) atoms. The van der Waals surface area contributed by atoms with Gasteiger partial charge in [-0.25, -0.2) is 0 Å². The molecule has 0 aromatic rings. The van der Waals surface area contributed by atoms with Crippen molar-refractivity contribution in [3.8, 4) is 0 Å². The van der Waals surface area contributed by atoms with Crippen LogP contribution in [0.1, 0.15) is 19.3 Å². The molecule has 2 fully saturated rings. The topological polar surface area (TPSA) is 41.9 Å². The Morgan fingerprint density at radius 1 is 1.36 bits per heavy atom. The Morgan fingerprint density at radius 2 is 2.29 bits per heavy atom. The van der Waals surface area contributed by atoms with Crippen LogP contribution in [0, 0.1) is 0 Å². The number of hydrogen-bond acceptors (Lipinski definition) is 4. The molecule has 82 valence electrons. The number of rotatable bonds is 2. The fourth-order valence-corrected chi connectivity index (χ4v) is 2.13. The predicted molar refractivity (Wildman–Crippen MR) is 52.0 cm³/mol. The van der Waals surface area contributed by atoms with Gasteiger partial charge in [-0.2, -0.15) is 0 Å². The van der Waals surface area contributed by atoms with Crippen LogP contribution in [0.2, 0.25) is 0 Å². The Bertz CT molecular complexity index is 171. The van der Waals surface area contributed by atoms with Gasteiger partial charge in [0.15, 0.2) is 0 Å². The van der Waals surface area contributed by atoms with Gasteiger partial charge in [0.1, 0.15) is 6.79 Å². The van der Waals surface area contributed by atoms with Crippen LogP contribution in [-0.4, -0.2) is 55.2 Å². The maximum Gasteiger partial charge on any atom is 0.147 e. The van der Waals surface area contributed by atoms with Crippen LogP contribution in [0.4, 0.5) is 0 Å². The van der Waals surface area contributed by atoms with Crippen LogP contribution in [0.3, 0.4) is 0 Å². The third-order valence-electron chi connectivity index (χ3n) is 2.91. The van der Waals surface area contributed by atoms with Gasteiger partial charge in [-0.05, 0) is 25.8 Å². The molecule has 2 heterocycles. The highest BCUT2D eigenvalue weighted by Gasteiger charge is 2.22. The maximum atomic E-state index is 9.50. The zero-order chi connectivity index (χ0) is 9.80. The molecule has 0 aromatic carbocycles. The molecule has 2 rings (SSSR count). The molecule has 0 aliphatic carbocycles. The van der Waals surface area contributed by atoms with Gasteiger partial charge >= 0.3 is 0 Å². The van der Waals surface area contributed by atoms with Crippen molar-refractivity contribution in [3.05, 3.63) is 0 Å². The molecule has 0 aromatic heterocycles. The van der Waals surface area contributed by atoms with Gasteiger partial charge < -0.3 is 14.6 Å². The third-order valence-corrected chi connectivity index (χ3v) is 2.91. The highest BCUT2D eigenvalue weighted by Crippen LogP contribution is 2.13. The van der Waals surface area contributed by atoms with Crippen LogP contribution in [0.5, 0.6) is 0 Å². The zero-order valence-electron chi connectivity index (χ0n) is 8.52. The molecule has 0 spiro atoms. The van der Waals surface area contributed by atoms with Crippen molar-refractivity contribution >= 4 is 0 Å². The molecule has 4 heteroatoms. The summed E-state index contributed by atoms with van der Waals surface area (Å²) in [6, 6.07) is 0. The number of β-amino-alcohol motifs (C(OH)–C–C–N with tert-alkyl or cyclic N) is 1. The molecule has 2 atom stereocenters. The minimum atomic E-state index is -0.136.